The van der Waals surface area contributed by atoms with Gasteiger partial charge in [0.2, 0.25) is 5.88 Å². The number of aromatic nitrogens is 1. The topological polar surface area (TPSA) is 68.7 Å². The van der Waals surface area contributed by atoms with Crippen molar-refractivity contribution in [3.8, 4) is 17.4 Å². The lowest BCUT2D eigenvalue weighted by Gasteiger charge is -2.15. The van der Waals surface area contributed by atoms with E-state index in [4.69, 9.17) is 32.7 Å². The predicted octanol–water partition coefficient (Wildman–Crippen LogP) is 5.46. The van der Waals surface area contributed by atoms with E-state index in [9.17, 15) is 9.59 Å². The molecule has 0 radical (unpaired) electrons. The molecule has 0 N–H and O–H groups in total. The lowest BCUT2D eigenvalue weighted by atomic mass is 10.1. The van der Waals surface area contributed by atoms with Crippen molar-refractivity contribution in [3.63, 3.8) is 0 Å². The number of imide groups is 1. The summed E-state index contributed by atoms with van der Waals surface area (Å²) in [7, 11) is 0. The molecule has 6 nitrogen and oxygen atoms in total. The van der Waals surface area contributed by atoms with Crippen molar-refractivity contribution in [2.45, 2.75) is 0 Å². The van der Waals surface area contributed by atoms with Gasteiger partial charge in [-0.05, 0) is 46.9 Å². The van der Waals surface area contributed by atoms with Crippen molar-refractivity contribution in [2.24, 2.45) is 0 Å². The molecular weight excluding hydrogens is 542 g/mol. The van der Waals surface area contributed by atoms with Crippen LogP contribution in [0.2, 0.25) is 10.0 Å². The minimum absolute atomic E-state index is 0.134. The average Bonchev–Trinajstić information content (AvgIpc) is 2.97. The van der Waals surface area contributed by atoms with Gasteiger partial charge in [-0.1, -0.05) is 35.3 Å². The van der Waals surface area contributed by atoms with Gasteiger partial charge < -0.3 is 9.47 Å². The van der Waals surface area contributed by atoms with Crippen LogP contribution in [0.1, 0.15) is 20.7 Å². The van der Waals surface area contributed by atoms with E-state index < -0.39 is 0 Å². The fourth-order valence-electron chi connectivity index (χ4n) is 2.93. The molecule has 152 valence electrons. The summed E-state index contributed by atoms with van der Waals surface area (Å²) >= 11 is 14.1. The first-order chi connectivity index (χ1) is 14.4. The highest BCUT2D eigenvalue weighted by molar-refractivity contribution is 14.1. The van der Waals surface area contributed by atoms with E-state index in [1.54, 1.807) is 48.5 Å². The molecule has 1 aliphatic heterocycles. The van der Waals surface area contributed by atoms with Gasteiger partial charge in [-0.15, -0.1) is 0 Å². The highest BCUT2D eigenvalue weighted by atomic mass is 127. The molecule has 2 heterocycles. The second-order valence-corrected chi connectivity index (χ2v) is 8.26. The first-order valence-corrected chi connectivity index (χ1v) is 10.6. The maximum Gasteiger partial charge on any atom is 0.261 e. The molecule has 2 amide bonds. The van der Waals surface area contributed by atoms with E-state index in [0.29, 0.717) is 38.6 Å². The number of fused-ring (bicyclic) bond motifs is 1. The quantitative estimate of drug-likeness (QED) is 0.230. The molecule has 9 heteroatoms. The van der Waals surface area contributed by atoms with Crippen molar-refractivity contribution in [3.05, 3.63) is 79.5 Å². The summed E-state index contributed by atoms with van der Waals surface area (Å²) in [6.45, 7) is 0.273. The Labute approximate surface area is 195 Å². The number of amides is 2. The molecular formula is C21H13Cl2IN2O4. The number of benzene rings is 2. The van der Waals surface area contributed by atoms with Crippen LogP contribution in [0, 0.1) is 3.57 Å². The number of ether oxygens (including phenoxy) is 2. The summed E-state index contributed by atoms with van der Waals surface area (Å²) in [5.74, 6) is 0.691. The smallest absolute Gasteiger partial charge is 0.261 e. The molecule has 0 unspecified atom stereocenters. The van der Waals surface area contributed by atoms with Gasteiger partial charge >= 0.3 is 0 Å². The third-order valence-electron chi connectivity index (χ3n) is 4.36. The van der Waals surface area contributed by atoms with Crippen molar-refractivity contribution in [1.82, 2.24) is 9.88 Å². The maximum atomic E-state index is 12.4. The molecule has 2 aromatic carbocycles. The normalized spacial score (nSPS) is 12.8. The lowest BCUT2D eigenvalue weighted by Crippen LogP contribution is -2.33. The second-order valence-electron chi connectivity index (χ2n) is 6.28. The van der Waals surface area contributed by atoms with E-state index in [-0.39, 0.29) is 25.0 Å². The third kappa shape index (κ3) is 4.23. The minimum Gasteiger partial charge on any atom is -0.491 e. The van der Waals surface area contributed by atoms with Crippen molar-refractivity contribution >= 4 is 57.6 Å². The van der Waals surface area contributed by atoms with Crippen LogP contribution in [-0.2, 0) is 0 Å². The molecule has 1 aliphatic rings. The van der Waals surface area contributed by atoms with E-state index in [1.807, 2.05) is 0 Å². The summed E-state index contributed by atoms with van der Waals surface area (Å²) < 4.78 is 12.3. The molecule has 0 saturated heterocycles. The zero-order valence-corrected chi connectivity index (χ0v) is 18.9. The van der Waals surface area contributed by atoms with Gasteiger partial charge in [0.15, 0.2) is 0 Å². The Bertz CT molecular complexity index is 1120. The number of hydrogen-bond donors (Lipinski definition) is 0. The summed E-state index contributed by atoms with van der Waals surface area (Å²) in [5.41, 5.74) is 0.830. The molecule has 1 aromatic heterocycles. The molecule has 0 bridgehead atoms. The minimum atomic E-state index is -0.313. The number of rotatable bonds is 6. The van der Waals surface area contributed by atoms with Crippen LogP contribution in [0.25, 0.3) is 0 Å². The van der Waals surface area contributed by atoms with Gasteiger partial charge in [0, 0.05) is 18.3 Å². The third-order valence-corrected chi connectivity index (χ3v) is 5.92. The highest BCUT2D eigenvalue weighted by Gasteiger charge is 2.34. The van der Waals surface area contributed by atoms with E-state index in [1.165, 1.54) is 11.1 Å². The van der Waals surface area contributed by atoms with Gasteiger partial charge in [-0.3, -0.25) is 14.5 Å². The van der Waals surface area contributed by atoms with Crippen molar-refractivity contribution in [2.75, 3.05) is 13.2 Å². The zero-order chi connectivity index (χ0) is 21.3. The van der Waals surface area contributed by atoms with Crippen molar-refractivity contribution in [1.29, 1.82) is 0 Å². The predicted molar refractivity (Wildman–Crippen MR) is 121 cm³/mol. The molecule has 0 aliphatic carbocycles. The SMILES string of the molecule is O=C1c2ccccc2C(=O)N1CCOc1ccnc(Oc2cc(Cl)c(Cl)cc2I)c1. The number of hydrogen-bond acceptors (Lipinski definition) is 5. The fourth-order valence-corrected chi connectivity index (χ4v) is 4.01. The Morgan fingerprint density at radius 1 is 0.967 bits per heavy atom. The Hall–Kier alpha value is -2.36. The largest absolute Gasteiger partial charge is 0.491 e. The van der Waals surface area contributed by atoms with Crippen LogP contribution >= 0.6 is 45.8 Å². The van der Waals surface area contributed by atoms with Gasteiger partial charge in [0.1, 0.15) is 18.1 Å². The van der Waals surface area contributed by atoms with Crippen LogP contribution in [0.3, 0.4) is 0 Å². The van der Waals surface area contributed by atoms with Gasteiger partial charge in [-0.2, -0.15) is 0 Å². The van der Waals surface area contributed by atoms with Crippen LogP contribution in [-0.4, -0.2) is 34.8 Å². The van der Waals surface area contributed by atoms with E-state index in [2.05, 4.69) is 27.6 Å². The van der Waals surface area contributed by atoms with Crippen LogP contribution in [0.4, 0.5) is 0 Å². The van der Waals surface area contributed by atoms with E-state index >= 15 is 0 Å². The molecule has 3 aromatic rings. The molecule has 0 saturated carbocycles. The zero-order valence-electron chi connectivity index (χ0n) is 15.3. The highest BCUT2D eigenvalue weighted by Crippen LogP contribution is 2.34. The molecule has 0 spiro atoms. The fraction of sp³-hybridized carbons (Fsp3) is 0.0952. The average molecular weight is 555 g/mol. The first-order valence-electron chi connectivity index (χ1n) is 8.80. The Balaban J connectivity index is 1.39. The number of pyridine rings is 1. The second kappa shape index (κ2) is 8.79. The Kier molecular flexibility index (Phi) is 6.12. The van der Waals surface area contributed by atoms with Crippen LogP contribution < -0.4 is 9.47 Å². The summed E-state index contributed by atoms with van der Waals surface area (Å²) in [5, 5.41) is 0.812. The summed E-state index contributed by atoms with van der Waals surface area (Å²) in [4.78, 5) is 30.1. The van der Waals surface area contributed by atoms with Gasteiger partial charge in [0.25, 0.3) is 11.8 Å². The number of carbonyl (C=O) groups excluding carboxylic acids is 2. The van der Waals surface area contributed by atoms with Gasteiger partial charge in [0.05, 0.1) is 31.3 Å². The molecule has 4 rings (SSSR count). The standard InChI is InChI=1S/C21H13Cl2IN2O4/c22-15-10-17(24)18(11-16(15)23)30-19-9-12(5-6-25-19)29-8-7-26-20(27)13-3-1-2-4-14(13)21(26)28/h1-6,9-11H,7-8H2. The Morgan fingerprint density at radius 3 is 2.33 bits per heavy atom. The number of carbonyl (C=O) groups is 2. The number of nitrogens with zero attached hydrogens (tertiary/aromatic N) is 2. The first kappa shape index (κ1) is 20.9. The summed E-state index contributed by atoms with van der Waals surface area (Å²) in [6, 6.07) is 13.3. The lowest BCUT2D eigenvalue weighted by molar-refractivity contribution is 0.0631. The van der Waals surface area contributed by atoms with E-state index in [0.717, 1.165) is 3.57 Å². The Morgan fingerprint density at radius 2 is 1.63 bits per heavy atom. The van der Waals surface area contributed by atoms with Gasteiger partial charge in [-0.25, -0.2) is 4.98 Å². The van der Waals surface area contributed by atoms with Crippen molar-refractivity contribution < 1.29 is 19.1 Å². The molecule has 0 atom stereocenters. The van der Waals surface area contributed by atoms with Crippen LogP contribution in [0.5, 0.6) is 17.4 Å². The monoisotopic (exact) mass is 554 g/mol. The molecule has 0 fully saturated rings. The van der Waals surface area contributed by atoms with Crippen LogP contribution in [0.15, 0.2) is 54.7 Å². The maximum absolute atomic E-state index is 12.4. The number of halogens is 3. The summed E-state index contributed by atoms with van der Waals surface area (Å²) in [6.07, 6.45) is 1.54. The molecule has 30 heavy (non-hydrogen) atoms.